The number of carbonyl (C=O) groups is 1. The molecule has 162 valence electrons. The number of benzene rings is 2. The third-order valence-electron chi connectivity index (χ3n) is 5.36. The van der Waals surface area contributed by atoms with E-state index in [1.807, 2.05) is 41.1 Å². The van der Waals surface area contributed by atoms with Gasteiger partial charge in [-0.05, 0) is 29.7 Å². The summed E-state index contributed by atoms with van der Waals surface area (Å²) in [6.45, 7) is 2.70. The molecule has 0 saturated heterocycles. The van der Waals surface area contributed by atoms with Crippen molar-refractivity contribution >= 4 is 5.97 Å². The van der Waals surface area contributed by atoms with E-state index in [2.05, 4.69) is 24.0 Å². The molecule has 0 bridgehead atoms. The second-order valence-electron chi connectivity index (χ2n) is 7.76. The molecule has 0 aliphatic heterocycles. The van der Waals surface area contributed by atoms with Gasteiger partial charge in [-0.3, -0.25) is 4.98 Å². The van der Waals surface area contributed by atoms with Gasteiger partial charge in [0.2, 0.25) is 0 Å². The Balaban J connectivity index is 1.56. The molecule has 0 aliphatic carbocycles. The number of hydrogen-bond donors (Lipinski definition) is 1. The number of hydrogen-bond acceptors (Lipinski definition) is 4. The van der Waals surface area contributed by atoms with Crippen LogP contribution in [0.4, 0.5) is 0 Å². The molecule has 0 saturated carbocycles. The van der Waals surface area contributed by atoms with E-state index < -0.39 is 5.97 Å². The highest BCUT2D eigenvalue weighted by atomic mass is 16.4. The molecule has 4 aromatic rings. The SMILES string of the molecule is CCCCc1nc(Cc2ccccc2)nn1Cc1ccc(-c2ccccc2C(=O)O)cn1. The maximum Gasteiger partial charge on any atom is 0.336 e. The molecule has 0 atom stereocenters. The van der Waals surface area contributed by atoms with E-state index in [0.717, 1.165) is 42.2 Å². The van der Waals surface area contributed by atoms with Crippen LogP contribution in [-0.4, -0.2) is 30.8 Å². The van der Waals surface area contributed by atoms with Crippen molar-refractivity contribution in [2.45, 2.75) is 39.2 Å². The molecule has 1 N–H and O–H groups in total. The minimum Gasteiger partial charge on any atom is -0.478 e. The maximum atomic E-state index is 11.5. The van der Waals surface area contributed by atoms with E-state index >= 15 is 0 Å². The third-order valence-corrected chi connectivity index (χ3v) is 5.36. The molecule has 0 aliphatic rings. The average molecular weight is 427 g/mol. The Bertz CT molecular complexity index is 1180. The highest BCUT2D eigenvalue weighted by molar-refractivity contribution is 5.95. The van der Waals surface area contributed by atoms with Crippen molar-refractivity contribution in [3.63, 3.8) is 0 Å². The summed E-state index contributed by atoms with van der Waals surface area (Å²) in [5.74, 6) is 0.841. The first-order chi connectivity index (χ1) is 15.6. The topological polar surface area (TPSA) is 80.9 Å². The Kier molecular flexibility index (Phi) is 6.70. The molecule has 2 aromatic carbocycles. The van der Waals surface area contributed by atoms with Crippen LogP contribution in [0, 0.1) is 0 Å². The van der Waals surface area contributed by atoms with Crippen molar-refractivity contribution < 1.29 is 9.90 Å². The van der Waals surface area contributed by atoms with Gasteiger partial charge in [-0.25, -0.2) is 14.5 Å². The minimum atomic E-state index is -0.946. The number of carboxylic acid groups (broad SMARTS) is 1. The predicted octanol–water partition coefficient (Wildman–Crippen LogP) is 5.02. The van der Waals surface area contributed by atoms with Gasteiger partial charge in [-0.2, -0.15) is 5.10 Å². The Morgan fingerprint density at radius 2 is 1.78 bits per heavy atom. The number of rotatable bonds is 9. The van der Waals surface area contributed by atoms with Crippen LogP contribution in [-0.2, 0) is 19.4 Å². The fourth-order valence-corrected chi connectivity index (χ4v) is 3.68. The fraction of sp³-hybridized carbons (Fsp3) is 0.231. The lowest BCUT2D eigenvalue weighted by atomic mass is 10.0. The van der Waals surface area contributed by atoms with E-state index in [-0.39, 0.29) is 5.56 Å². The lowest BCUT2D eigenvalue weighted by molar-refractivity contribution is 0.0697. The molecular weight excluding hydrogens is 400 g/mol. The molecule has 6 heteroatoms. The normalized spacial score (nSPS) is 10.9. The molecule has 4 rings (SSSR count). The van der Waals surface area contributed by atoms with Crippen LogP contribution in [0.2, 0.25) is 0 Å². The Labute approximate surface area is 187 Å². The van der Waals surface area contributed by atoms with Crippen molar-refractivity contribution in [3.8, 4) is 11.1 Å². The van der Waals surface area contributed by atoms with E-state index in [9.17, 15) is 9.90 Å². The van der Waals surface area contributed by atoms with Gasteiger partial charge in [-0.1, -0.05) is 67.9 Å². The molecule has 0 unspecified atom stereocenters. The van der Waals surface area contributed by atoms with Crippen LogP contribution in [0.15, 0.2) is 72.9 Å². The number of aromatic nitrogens is 4. The van der Waals surface area contributed by atoms with Crippen LogP contribution in [0.3, 0.4) is 0 Å². The molecule has 0 fully saturated rings. The zero-order valence-corrected chi connectivity index (χ0v) is 18.1. The van der Waals surface area contributed by atoms with Gasteiger partial charge in [0.05, 0.1) is 17.8 Å². The van der Waals surface area contributed by atoms with Crippen LogP contribution in [0.25, 0.3) is 11.1 Å². The summed E-state index contributed by atoms with van der Waals surface area (Å²) in [7, 11) is 0. The summed E-state index contributed by atoms with van der Waals surface area (Å²) in [5.41, 5.74) is 3.75. The standard InChI is InChI=1S/C26H26N4O2/c1-2-3-13-25-28-24(16-19-9-5-4-6-10-19)29-30(25)18-21-15-14-20(17-27-21)22-11-7-8-12-23(22)26(31)32/h4-12,14-15,17H,2-3,13,16,18H2,1H3,(H,31,32). The number of unbranched alkanes of at least 4 members (excludes halogenated alkanes) is 1. The van der Waals surface area contributed by atoms with Gasteiger partial charge < -0.3 is 5.11 Å². The quantitative estimate of drug-likeness (QED) is 0.406. The van der Waals surface area contributed by atoms with Gasteiger partial charge in [-0.15, -0.1) is 0 Å². The molecule has 0 spiro atoms. The summed E-state index contributed by atoms with van der Waals surface area (Å²) < 4.78 is 1.95. The number of pyridine rings is 1. The first-order valence-corrected chi connectivity index (χ1v) is 10.9. The molecule has 0 amide bonds. The van der Waals surface area contributed by atoms with Gasteiger partial charge in [0.25, 0.3) is 0 Å². The van der Waals surface area contributed by atoms with E-state index in [0.29, 0.717) is 18.5 Å². The highest BCUT2D eigenvalue weighted by Crippen LogP contribution is 2.23. The monoisotopic (exact) mass is 426 g/mol. The maximum absolute atomic E-state index is 11.5. The summed E-state index contributed by atoms with van der Waals surface area (Å²) in [6, 6.07) is 21.0. The Hall–Kier alpha value is -3.80. The van der Waals surface area contributed by atoms with Gasteiger partial charge >= 0.3 is 5.97 Å². The molecule has 6 nitrogen and oxygen atoms in total. The molecule has 2 aromatic heterocycles. The minimum absolute atomic E-state index is 0.269. The second kappa shape index (κ2) is 10.0. The lowest BCUT2D eigenvalue weighted by Crippen LogP contribution is -2.08. The Morgan fingerprint density at radius 1 is 1.00 bits per heavy atom. The van der Waals surface area contributed by atoms with Crippen molar-refractivity contribution in [1.29, 1.82) is 0 Å². The van der Waals surface area contributed by atoms with Crippen molar-refractivity contribution in [2.75, 3.05) is 0 Å². The number of aromatic carboxylic acids is 1. The predicted molar refractivity (Wildman–Crippen MR) is 124 cm³/mol. The largest absolute Gasteiger partial charge is 0.478 e. The first kappa shape index (κ1) is 21.4. The van der Waals surface area contributed by atoms with Crippen molar-refractivity contribution in [2.24, 2.45) is 0 Å². The van der Waals surface area contributed by atoms with Gasteiger partial charge in [0.1, 0.15) is 5.82 Å². The summed E-state index contributed by atoms with van der Waals surface area (Å²) in [4.78, 5) is 20.9. The van der Waals surface area contributed by atoms with Crippen LogP contribution < -0.4 is 0 Å². The van der Waals surface area contributed by atoms with E-state index in [1.54, 1.807) is 24.4 Å². The van der Waals surface area contributed by atoms with Crippen LogP contribution >= 0.6 is 0 Å². The molecule has 32 heavy (non-hydrogen) atoms. The smallest absolute Gasteiger partial charge is 0.336 e. The second-order valence-corrected chi connectivity index (χ2v) is 7.76. The van der Waals surface area contributed by atoms with Crippen LogP contribution in [0.5, 0.6) is 0 Å². The summed E-state index contributed by atoms with van der Waals surface area (Å²) in [5, 5.41) is 14.2. The Morgan fingerprint density at radius 3 is 2.50 bits per heavy atom. The summed E-state index contributed by atoms with van der Waals surface area (Å²) in [6.07, 6.45) is 5.46. The van der Waals surface area contributed by atoms with Gasteiger partial charge in [0.15, 0.2) is 5.82 Å². The highest BCUT2D eigenvalue weighted by Gasteiger charge is 2.13. The molecule has 2 heterocycles. The van der Waals surface area contributed by atoms with E-state index in [4.69, 9.17) is 10.1 Å². The zero-order chi connectivity index (χ0) is 22.3. The summed E-state index contributed by atoms with van der Waals surface area (Å²) >= 11 is 0. The zero-order valence-electron chi connectivity index (χ0n) is 18.1. The number of nitrogens with zero attached hydrogens (tertiary/aromatic N) is 4. The average Bonchev–Trinajstić information content (AvgIpc) is 3.19. The van der Waals surface area contributed by atoms with Crippen LogP contribution in [0.1, 0.15) is 53.0 Å². The molecular formula is C26H26N4O2. The fourth-order valence-electron chi connectivity index (χ4n) is 3.68. The van der Waals surface area contributed by atoms with E-state index in [1.165, 1.54) is 5.56 Å². The number of aryl methyl sites for hydroxylation is 1. The lowest BCUT2D eigenvalue weighted by Gasteiger charge is -2.08. The van der Waals surface area contributed by atoms with Crippen molar-refractivity contribution in [1.82, 2.24) is 19.7 Å². The first-order valence-electron chi connectivity index (χ1n) is 10.9. The number of carboxylic acids is 1. The van der Waals surface area contributed by atoms with Gasteiger partial charge in [0, 0.05) is 24.6 Å². The van der Waals surface area contributed by atoms with Crippen molar-refractivity contribution in [3.05, 3.63) is 101 Å². The third kappa shape index (κ3) is 5.09. The molecule has 0 radical (unpaired) electrons.